The molecule has 1 aliphatic rings. The number of likely N-dealkylation sites (tertiary alicyclic amines) is 1. The summed E-state index contributed by atoms with van der Waals surface area (Å²) >= 11 is 5.88. The van der Waals surface area contributed by atoms with E-state index in [9.17, 15) is 0 Å². The third kappa shape index (κ3) is 5.34. The smallest absolute Gasteiger partial charge is 0.119 e. The van der Waals surface area contributed by atoms with Gasteiger partial charge in [0.2, 0.25) is 0 Å². The number of unbranched alkanes of at least 4 members (excludes halogenated alkanes) is 2. The minimum atomic E-state index is 0.668. The molecule has 1 heterocycles. The van der Waals surface area contributed by atoms with Crippen molar-refractivity contribution >= 4 is 11.6 Å². The third-order valence-corrected chi connectivity index (χ3v) is 4.23. The summed E-state index contributed by atoms with van der Waals surface area (Å²) < 4.78 is 5.89. The van der Waals surface area contributed by atoms with Crippen LogP contribution >= 0.6 is 11.6 Å². The Labute approximate surface area is 128 Å². The fourth-order valence-electron chi connectivity index (χ4n) is 2.82. The molecule has 1 saturated heterocycles. The van der Waals surface area contributed by atoms with E-state index in [2.05, 4.69) is 11.8 Å². The van der Waals surface area contributed by atoms with Crippen molar-refractivity contribution in [3.63, 3.8) is 0 Å². The molecule has 1 aromatic rings. The lowest BCUT2D eigenvalue weighted by atomic mass is 9.98. The highest BCUT2D eigenvalue weighted by atomic mass is 35.5. The first kappa shape index (κ1) is 15.7. The predicted octanol–water partition coefficient (Wildman–Crippen LogP) is 4.62. The summed E-state index contributed by atoms with van der Waals surface area (Å²) in [6, 6.07) is 7.66. The number of piperidine rings is 1. The number of halogens is 1. The van der Waals surface area contributed by atoms with Crippen molar-refractivity contribution in [1.29, 1.82) is 0 Å². The van der Waals surface area contributed by atoms with Gasteiger partial charge in [-0.3, -0.25) is 0 Å². The molecular weight excluding hydrogens is 270 g/mol. The van der Waals surface area contributed by atoms with Gasteiger partial charge < -0.3 is 9.64 Å². The van der Waals surface area contributed by atoms with Gasteiger partial charge in [-0.15, -0.1) is 0 Å². The summed E-state index contributed by atoms with van der Waals surface area (Å²) in [7, 11) is 0. The second-order valence-corrected chi connectivity index (χ2v) is 6.22. The lowest BCUT2D eigenvalue weighted by Gasteiger charge is -2.32. The van der Waals surface area contributed by atoms with Gasteiger partial charge in [0.15, 0.2) is 0 Å². The molecule has 1 aromatic carbocycles. The molecule has 1 aliphatic heterocycles. The zero-order valence-corrected chi connectivity index (χ0v) is 13.2. The SMILES string of the molecule is CCCCCN1CCCC(COc2ccc(Cl)cc2)C1. The van der Waals surface area contributed by atoms with Crippen LogP contribution in [0.4, 0.5) is 0 Å². The molecule has 1 fully saturated rings. The lowest BCUT2D eigenvalue weighted by molar-refractivity contribution is 0.128. The van der Waals surface area contributed by atoms with E-state index in [-0.39, 0.29) is 0 Å². The van der Waals surface area contributed by atoms with Gasteiger partial charge in [0.1, 0.15) is 5.75 Å². The van der Waals surface area contributed by atoms with Crippen molar-refractivity contribution in [3.05, 3.63) is 29.3 Å². The molecule has 0 amide bonds. The highest BCUT2D eigenvalue weighted by molar-refractivity contribution is 6.30. The fourth-order valence-corrected chi connectivity index (χ4v) is 2.95. The number of hydrogen-bond acceptors (Lipinski definition) is 2. The largest absolute Gasteiger partial charge is 0.493 e. The molecule has 0 bridgehead atoms. The van der Waals surface area contributed by atoms with E-state index < -0.39 is 0 Å². The van der Waals surface area contributed by atoms with Crippen LogP contribution in [0.5, 0.6) is 5.75 Å². The van der Waals surface area contributed by atoms with E-state index in [0.717, 1.165) is 17.4 Å². The summed E-state index contributed by atoms with van der Waals surface area (Å²) in [5.74, 6) is 1.60. The Morgan fingerprint density at radius 3 is 2.80 bits per heavy atom. The van der Waals surface area contributed by atoms with Crippen molar-refractivity contribution in [1.82, 2.24) is 4.90 Å². The molecule has 112 valence electrons. The molecule has 0 radical (unpaired) electrons. The molecule has 0 saturated carbocycles. The summed E-state index contributed by atoms with van der Waals surface area (Å²) in [5, 5.41) is 0.761. The number of ether oxygens (including phenoxy) is 1. The van der Waals surface area contributed by atoms with Gasteiger partial charge in [0.05, 0.1) is 6.61 Å². The van der Waals surface area contributed by atoms with Gasteiger partial charge in [-0.25, -0.2) is 0 Å². The van der Waals surface area contributed by atoms with Crippen LogP contribution < -0.4 is 4.74 Å². The second-order valence-electron chi connectivity index (χ2n) is 5.78. The highest BCUT2D eigenvalue weighted by Gasteiger charge is 2.19. The molecule has 2 nitrogen and oxygen atoms in total. The van der Waals surface area contributed by atoms with Crippen LogP contribution in [-0.4, -0.2) is 31.1 Å². The van der Waals surface area contributed by atoms with Gasteiger partial charge in [0.25, 0.3) is 0 Å². The molecule has 3 heteroatoms. The van der Waals surface area contributed by atoms with E-state index in [1.165, 1.54) is 51.7 Å². The van der Waals surface area contributed by atoms with Crippen molar-refractivity contribution in [2.75, 3.05) is 26.2 Å². The molecule has 0 spiro atoms. The van der Waals surface area contributed by atoms with Crippen LogP contribution in [0.1, 0.15) is 39.0 Å². The maximum Gasteiger partial charge on any atom is 0.119 e. The second kappa shape index (κ2) is 8.53. The molecule has 0 aromatic heterocycles. The lowest BCUT2D eigenvalue weighted by Crippen LogP contribution is -2.38. The summed E-state index contributed by atoms with van der Waals surface area (Å²) in [4.78, 5) is 2.61. The van der Waals surface area contributed by atoms with Gasteiger partial charge >= 0.3 is 0 Å². The van der Waals surface area contributed by atoms with E-state index in [0.29, 0.717) is 5.92 Å². The Hall–Kier alpha value is -0.730. The molecule has 20 heavy (non-hydrogen) atoms. The maximum absolute atomic E-state index is 5.89. The molecule has 0 aliphatic carbocycles. The normalized spacial score (nSPS) is 20.0. The first-order valence-corrected chi connectivity index (χ1v) is 8.26. The number of hydrogen-bond donors (Lipinski definition) is 0. The van der Waals surface area contributed by atoms with E-state index >= 15 is 0 Å². The fraction of sp³-hybridized carbons (Fsp3) is 0.647. The summed E-state index contributed by atoms with van der Waals surface area (Å²) in [6.07, 6.45) is 6.58. The number of nitrogens with zero attached hydrogens (tertiary/aromatic N) is 1. The Balaban J connectivity index is 1.71. The van der Waals surface area contributed by atoms with Gasteiger partial charge in [-0.2, -0.15) is 0 Å². The van der Waals surface area contributed by atoms with Crippen LogP contribution in [0.25, 0.3) is 0 Å². The van der Waals surface area contributed by atoms with E-state index in [4.69, 9.17) is 16.3 Å². The zero-order valence-electron chi connectivity index (χ0n) is 12.5. The Morgan fingerprint density at radius 1 is 1.25 bits per heavy atom. The monoisotopic (exact) mass is 295 g/mol. The molecule has 2 rings (SSSR count). The average molecular weight is 296 g/mol. The first-order valence-electron chi connectivity index (χ1n) is 7.88. The number of rotatable bonds is 7. The molecule has 1 unspecified atom stereocenters. The first-order chi connectivity index (χ1) is 9.78. The van der Waals surface area contributed by atoms with Crippen LogP contribution in [0.2, 0.25) is 5.02 Å². The third-order valence-electron chi connectivity index (χ3n) is 3.98. The average Bonchev–Trinajstić information content (AvgIpc) is 2.47. The van der Waals surface area contributed by atoms with Crippen LogP contribution in [-0.2, 0) is 0 Å². The van der Waals surface area contributed by atoms with Crippen molar-refractivity contribution in [2.24, 2.45) is 5.92 Å². The van der Waals surface area contributed by atoms with Crippen LogP contribution in [0, 0.1) is 5.92 Å². The Bertz CT molecular complexity index is 379. The minimum Gasteiger partial charge on any atom is -0.493 e. The van der Waals surface area contributed by atoms with Gasteiger partial charge in [-0.1, -0.05) is 31.4 Å². The van der Waals surface area contributed by atoms with Crippen molar-refractivity contribution in [3.8, 4) is 5.75 Å². The highest BCUT2D eigenvalue weighted by Crippen LogP contribution is 2.20. The Morgan fingerprint density at radius 2 is 2.05 bits per heavy atom. The Kier molecular flexibility index (Phi) is 6.68. The van der Waals surface area contributed by atoms with E-state index in [1.54, 1.807) is 0 Å². The minimum absolute atomic E-state index is 0.668. The van der Waals surface area contributed by atoms with Crippen LogP contribution in [0.3, 0.4) is 0 Å². The maximum atomic E-state index is 5.89. The zero-order chi connectivity index (χ0) is 14.2. The molecule has 1 atom stereocenters. The molecular formula is C17H26ClNO. The number of benzene rings is 1. The van der Waals surface area contributed by atoms with Crippen molar-refractivity contribution < 1.29 is 4.74 Å². The predicted molar refractivity (Wildman–Crippen MR) is 85.6 cm³/mol. The van der Waals surface area contributed by atoms with Gasteiger partial charge in [0, 0.05) is 17.5 Å². The quantitative estimate of drug-likeness (QED) is 0.681. The topological polar surface area (TPSA) is 12.5 Å². The summed E-state index contributed by atoms with van der Waals surface area (Å²) in [5.41, 5.74) is 0. The summed E-state index contributed by atoms with van der Waals surface area (Å²) in [6.45, 7) is 6.80. The van der Waals surface area contributed by atoms with Crippen molar-refractivity contribution in [2.45, 2.75) is 39.0 Å². The molecule has 0 N–H and O–H groups in total. The van der Waals surface area contributed by atoms with Gasteiger partial charge in [-0.05, 0) is 56.6 Å². The van der Waals surface area contributed by atoms with Crippen LogP contribution in [0.15, 0.2) is 24.3 Å². The van der Waals surface area contributed by atoms with E-state index in [1.807, 2.05) is 24.3 Å². The standard InChI is InChI=1S/C17H26ClNO/c1-2-3-4-11-19-12-5-6-15(13-19)14-20-17-9-7-16(18)8-10-17/h7-10,15H,2-6,11-14H2,1H3.